The van der Waals surface area contributed by atoms with Crippen molar-refractivity contribution in [2.24, 2.45) is 17.6 Å². The number of hydrogen-bond donors (Lipinski definition) is 3. The average molecular weight is 342 g/mol. The van der Waals surface area contributed by atoms with Gasteiger partial charge in [-0.1, -0.05) is 19.9 Å². The van der Waals surface area contributed by atoms with Crippen LogP contribution >= 0.6 is 0 Å². The third-order valence-corrected chi connectivity index (χ3v) is 5.52. The molecule has 0 saturated carbocycles. The Labute approximate surface area is 147 Å². The number of hydrogen-bond acceptors (Lipinski definition) is 3. The first kappa shape index (κ1) is 17.3. The van der Waals surface area contributed by atoms with Crippen molar-refractivity contribution in [3.05, 3.63) is 30.0 Å². The number of rotatable bonds is 4. The van der Waals surface area contributed by atoms with Gasteiger partial charge in [0, 0.05) is 17.4 Å². The van der Waals surface area contributed by atoms with E-state index in [1.54, 1.807) is 12.0 Å². The second kappa shape index (κ2) is 6.10. The minimum atomic E-state index is -0.743. The van der Waals surface area contributed by atoms with Crippen LogP contribution in [-0.4, -0.2) is 40.8 Å². The standard InChI is InChI=1S/C19H26N4O2/c1-11(2)12-9-19(3,18(20)21)23(10-12)17(24)15-8-13-14(22-15)6-5-7-16(13)25-4/h5-8,11-12,22H,9-10H2,1-4H3,(H3,20,21). The van der Waals surface area contributed by atoms with Gasteiger partial charge in [-0.15, -0.1) is 0 Å². The molecule has 0 aliphatic carbocycles. The van der Waals surface area contributed by atoms with E-state index in [-0.39, 0.29) is 11.7 Å². The molecular weight excluding hydrogens is 316 g/mol. The lowest BCUT2D eigenvalue weighted by Gasteiger charge is -2.33. The molecule has 2 unspecified atom stereocenters. The number of nitrogens with one attached hydrogen (secondary N) is 2. The Morgan fingerprint density at radius 3 is 2.80 bits per heavy atom. The second-order valence-electron chi connectivity index (χ2n) is 7.42. The third-order valence-electron chi connectivity index (χ3n) is 5.52. The molecule has 1 aliphatic rings. The molecule has 2 aromatic rings. The van der Waals surface area contributed by atoms with Crippen LogP contribution in [0.3, 0.4) is 0 Å². The highest BCUT2D eigenvalue weighted by Gasteiger charge is 2.48. The highest BCUT2D eigenvalue weighted by Crippen LogP contribution is 2.38. The zero-order valence-electron chi connectivity index (χ0n) is 15.2. The van der Waals surface area contributed by atoms with Gasteiger partial charge in [-0.2, -0.15) is 0 Å². The number of carbonyl (C=O) groups is 1. The van der Waals surface area contributed by atoms with Crippen molar-refractivity contribution >= 4 is 22.6 Å². The number of amides is 1. The van der Waals surface area contributed by atoms with Crippen LogP contribution in [0, 0.1) is 17.2 Å². The molecule has 3 rings (SSSR count). The van der Waals surface area contributed by atoms with Crippen LogP contribution in [-0.2, 0) is 0 Å². The number of likely N-dealkylation sites (tertiary alicyclic amines) is 1. The summed E-state index contributed by atoms with van der Waals surface area (Å²) in [7, 11) is 1.61. The van der Waals surface area contributed by atoms with Crippen molar-refractivity contribution in [1.82, 2.24) is 9.88 Å². The molecular formula is C19H26N4O2. The molecule has 2 atom stereocenters. The Bertz CT molecular complexity index is 826. The van der Waals surface area contributed by atoms with Crippen molar-refractivity contribution in [3.8, 4) is 5.75 Å². The number of H-pyrrole nitrogens is 1. The molecule has 0 radical (unpaired) electrons. The minimum Gasteiger partial charge on any atom is -0.496 e. The van der Waals surface area contributed by atoms with E-state index in [9.17, 15) is 4.79 Å². The lowest BCUT2D eigenvalue weighted by Crippen LogP contribution is -2.53. The third kappa shape index (κ3) is 2.75. The van der Waals surface area contributed by atoms with E-state index in [2.05, 4.69) is 18.8 Å². The maximum absolute atomic E-state index is 13.2. The van der Waals surface area contributed by atoms with Crippen LogP contribution in [0.25, 0.3) is 10.9 Å². The van der Waals surface area contributed by atoms with Gasteiger partial charge in [-0.25, -0.2) is 0 Å². The summed E-state index contributed by atoms with van der Waals surface area (Å²) < 4.78 is 5.37. The van der Waals surface area contributed by atoms with Crippen molar-refractivity contribution in [2.45, 2.75) is 32.7 Å². The van der Waals surface area contributed by atoms with Gasteiger partial charge in [0.05, 0.1) is 12.6 Å². The number of ether oxygens (including phenoxy) is 1. The first-order valence-corrected chi connectivity index (χ1v) is 8.60. The lowest BCUT2D eigenvalue weighted by molar-refractivity contribution is 0.0692. The first-order chi connectivity index (χ1) is 11.8. The normalized spacial score (nSPS) is 23.4. The predicted molar refractivity (Wildman–Crippen MR) is 99.2 cm³/mol. The van der Waals surface area contributed by atoms with Gasteiger partial charge >= 0.3 is 0 Å². The molecule has 1 saturated heterocycles. The molecule has 0 spiro atoms. The van der Waals surface area contributed by atoms with E-state index < -0.39 is 5.54 Å². The number of aromatic amines is 1. The van der Waals surface area contributed by atoms with E-state index in [1.807, 2.05) is 31.2 Å². The van der Waals surface area contributed by atoms with Gasteiger partial charge in [0.2, 0.25) is 0 Å². The summed E-state index contributed by atoms with van der Waals surface area (Å²) in [4.78, 5) is 18.1. The Morgan fingerprint density at radius 2 is 2.20 bits per heavy atom. The number of aromatic nitrogens is 1. The number of fused-ring (bicyclic) bond motifs is 1. The molecule has 1 aliphatic heterocycles. The molecule has 1 aromatic heterocycles. The lowest BCUT2D eigenvalue weighted by atomic mass is 9.87. The molecule has 2 heterocycles. The molecule has 1 aromatic carbocycles. The first-order valence-electron chi connectivity index (χ1n) is 8.60. The highest BCUT2D eigenvalue weighted by atomic mass is 16.5. The predicted octanol–water partition coefficient (Wildman–Crippen LogP) is 2.99. The summed E-state index contributed by atoms with van der Waals surface area (Å²) in [6, 6.07) is 7.49. The second-order valence-corrected chi connectivity index (χ2v) is 7.42. The summed E-state index contributed by atoms with van der Waals surface area (Å²) >= 11 is 0. The van der Waals surface area contributed by atoms with E-state index in [1.165, 1.54) is 0 Å². The Balaban J connectivity index is 2.00. The molecule has 6 heteroatoms. The highest BCUT2D eigenvalue weighted by molar-refractivity contribution is 6.02. The molecule has 6 nitrogen and oxygen atoms in total. The van der Waals surface area contributed by atoms with Gasteiger partial charge in [-0.05, 0) is 43.4 Å². The van der Waals surface area contributed by atoms with Gasteiger partial charge in [0.1, 0.15) is 17.3 Å². The quantitative estimate of drug-likeness (QED) is 0.589. The maximum Gasteiger partial charge on any atom is 0.271 e. The van der Waals surface area contributed by atoms with Gasteiger partial charge in [0.15, 0.2) is 0 Å². The van der Waals surface area contributed by atoms with Crippen LogP contribution < -0.4 is 10.5 Å². The van der Waals surface area contributed by atoms with Gasteiger partial charge < -0.3 is 20.4 Å². The monoisotopic (exact) mass is 342 g/mol. The SMILES string of the molecule is COc1cccc2[nH]c(C(=O)N3CC(C(C)C)CC3(C)C(=N)N)cc12. The summed E-state index contributed by atoms with van der Waals surface area (Å²) in [6.45, 7) is 6.79. The van der Waals surface area contributed by atoms with E-state index in [0.29, 0.717) is 24.1 Å². The molecule has 4 N–H and O–H groups in total. The largest absolute Gasteiger partial charge is 0.496 e. The van der Waals surface area contributed by atoms with Gasteiger partial charge in [0.25, 0.3) is 5.91 Å². The van der Waals surface area contributed by atoms with Crippen molar-refractivity contribution in [1.29, 1.82) is 5.41 Å². The van der Waals surface area contributed by atoms with Crippen LogP contribution in [0.5, 0.6) is 5.75 Å². The fourth-order valence-corrected chi connectivity index (χ4v) is 3.70. The summed E-state index contributed by atoms with van der Waals surface area (Å²) in [5, 5.41) is 8.90. The Hall–Kier alpha value is -2.50. The fourth-order valence-electron chi connectivity index (χ4n) is 3.70. The van der Waals surface area contributed by atoms with Crippen molar-refractivity contribution in [3.63, 3.8) is 0 Å². The van der Waals surface area contributed by atoms with Crippen LogP contribution in [0.1, 0.15) is 37.7 Å². The summed E-state index contributed by atoms with van der Waals surface area (Å²) in [5.41, 5.74) is 6.49. The van der Waals surface area contributed by atoms with Crippen LogP contribution in [0.15, 0.2) is 24.3 Å². The van der Waals surface area contributed by atoms with E-state index in [4.69, 9.17) is 15.9 Å². The van der Waals surface area contributed by atoms with E-state index >= 15 is 0 Å². The van der Waals surface area contributed by atoms with Gasteiger partial charge in [-0.3, -0.25) is 10.2 Å². The maximum atomic E-state index is 13.2. The molecule has 0 bridgehead atoms. The summed E-state index contributed by atoms with van der Waals surface area (Å²) in [5.74, 6) is 1.40. The van der Waals surface area contributed by atoms with Crippen LogP contribution in [0.2, 0.25) is 0 Å². The molecule has 25 heavy (non-hydrogen) atoms. The smallest absolute Gasteiger partial charge is 0.271 e. The average Bonchev–Trinajstić information content (AvgIpc) is 3.16. The Morgan fingerprint density at radius 1 is 1.48 bits per heavy atom. The van der Waals surface area contributed by atoms with Crippen molar-refractivity contribution < 1.29 is 9.53 Å². The zero-order valence-corrected chi connectivity index (χ0v) is 15.2. The fraction of sp³-hybridized carbons (Fsp3) is 0.474. The molecule has 134 valence electrons. The van der Waals surface area contributed by atoms with Crippen LogP contribution in [0.4, 0.5) is 0 Å². The number of nitrogens with two attached hydrogens (primary N) is 1. The number of methoxy groups -OCH3 is 1. The number of benzene rings is 1. The minimum absolute atomic E-state index is 0.0395. The number of nitrogens with zero attached hydrogens (tertiary/aromatic N) is 1. The molecule has 1 amide bonds. The topological polar surface area (TPSA) is 95.2 Å². The van der Waals surface area contributed by atoms with Crippen molar-refractivity contribution in [2.75, 3.05) is 13.7 Å². The van der Waals surface area contributed by atoms with E-state index in [0.717, 1.165) is 23.1 Å². The number of amidine groups is 1. The zero-order chi connectivity index (χ0) is 18.4. The Kier molecular flexibility index (Phi) is 4.22. The summed E-state index contributed by atoms with van der Waals surface area (Å²) in [6.07, 6.45) is 0.718. The molecule has 1 fully saturated rings. The number of carbonyl (C=O) groups excluding carboxylic acids is 1.